The minimum atomic E-state index is -4.51. The Bertz CT molecular complexity index is 339. The number of allylic oxidation sites excluding steroid dienone is 1. The van der Waals surface area contributed by atoms with E-state index in [-0.39, 0.29) is 29.6 Å². The van der Waals surface area contributed by atoms with Gasteiger partial charge in [-0.1, -0.05) is 26.8 Å². The Balaban J connectivity index is 0. The Morgan fingerprint density at radius 1 is 1.36 bits per heavy atom. The van der Waals surface area contributed by atoms with Gasteiger partial charge in [0.25, 0.3) is 16.0 Å². The van der Waals surface area contributed by atoms with Crippen LogP contribution in [0.25, 0.3) is 0 Å². The topological polar surface area (TPSA) is 97.5 Å². The maximum atomic E-state index is 10.6. The van der Waals surface area contributed by atoms with Gasteiger partial charge in [0.05, 0.1) is 0 Å². The summed E-state index contributed by atoms with van der Waals surface area (Å²) >= 11 is 0. The minimum absolute atomic E-state index is 0. The fraction of sp³-hybridized carbons (Fsp3) is 0.571. The Kier molecular flexibility index (Phi) is 6.23. The van der Waals surface area contributed by atoms with Crippen molar-refractivity contribution in [3.8, 4) is 0 Å². The summed E-state index contributed by atoms with van der Waals surface area (Å²) in [6, 6.07) is 0. The molecule has 0 bridgehead atoms. The van der Waals surface area contributed by atoms with E-state index in [0.717, 1.165) is 6.08 Å². The number of primary amides is 1. The van der Waals surface area contributed by atoms with Crippen LogP contribution in [0.3, 0.4) is 0 Å². The summed E-state index contributed by atoms with van der Waals surface area (Å²) in [4.78, 5) is 9.87. The van der Waals surface area contributed by atoms with Crippen molar-refractivity contribution in [2.75, 3.05) is 0 Å². The number of carbonyl (C=O) groups is 1. The SMILES string of the molecule is CC(C)(C)C=C(C(N)=O)S(=O)(=O)O.[NaH]. The molecular weight excluding hydrogens is 217 g/mol. The first-order valence-corrected chi connectivity index (χ1v) is 4.98. The van der Waals surface area contributed by atoms with E-state index in [9.17, 15) is 13.2 Å². The van der Waals surface area contributed by atoms with Gasteiger partial charge in [0.1, 0.15) is 0 Å². The van der Waals surface area contributed by atoms with Crippen LogP contribution in [0.5, 0.6) is 0 Å². The number of rotatable bonds is 2. The van der Waals surface area contributed by atoms with Gasteiger partial charge in [-0.05, 0) is 5.41 Å². The Labute approximate surface area is 106 Å². The van der Waals surface area contributed by atoms with E-state index >= 15 is 0 Å². The molecule has 0 aliphatic heterocycles. The van der Waals surface area contributed by atoms with Gasteiger partial charge in [-0.15, -0.1) is 0 Å². The van der Waals surface area contributed by atoms with Crippen molar-refractivity contribution in [3.63, 3.8) is 0 Å². The zero-order valence-electron chi connectivity index (χ0n) is 7.73. The van der Waals surface area contributed by atoms with Gasteiger partial charge in [0.15, 0.2) is 4.91 Å². The first-order valence-electron chi connectivity index (χ1n) is 3.54. The third-order valence-electron chi connectivity index (χ3n) is 1.08. The normalized spacial score (nSPS) is 13.3. The number of carbonyl (C=O) groups excluding carboxylic acids is 1. The quantitative estimate of drug-likeness (QED) is 0.385. The molecule has 1 amide bonds. The molecule has 78 valence electrons. The Morgan fingerprint density at radius 2 is 1.71 bits per heavy atom. The molecule has 0 aliphatic rings. The first-order chi connectivity index (χ1) is 5.54. The molecule has 0 aromatic rings. The summed E-state index contributed by atoms with van der Waals surface area (Å²) in [5, 5.41) is 0. The van der Waals surface area contributed by atoms with Gasteiger partial charge >= 0.3 is 29.6 Å². The summed E-state index contributed by atoms with van der Waals surface area (Å²) in [5.74, 6) is -1.16. The molecule has 0 aromatic carbocycles. The molecule has 0 fully saturated rings. The van der Waals surface area contributed by atoms with Crippen LogP contribution in [0.1, 0.15) is 20.8 Å². The van der Waals surface area contributed by atoms with Crippen LogP contribution >= 0.6 is 0 Å². The molecule has 0 saturated heterocycles. The molecule has 0 aromatic heterocycles. The van der Waals surface area contributed by atoms with Crippen molar-refractivity contribution in [2.24, 2.45) is 11.1 Å². The third kappa shape index (κ3) is 6.56. The van der Waals surface area contributed by atoms with Gasteiger partial charge in [-0.25, -0.2) is 0 Å². The summed E-state index contributed by atoms with van der Waals surface area (Å²) in [7, 11) is -4.51. The monoisotopic (exact) mass is 231 g/mol. The predicted molar refractivity (Wildman–Crippen MR) is 55.4 cm³/mol. The third-order valence-corrected chi connectivity index (χ3v) is 1.96. The molecule has 0 atom stereocenters. The number of nitrogens with two attached hydrogens (primary N) is 1. The summed E-state index contributed by atoms with van der Waals surface area (Å²) in [5.41, 5.74) is 4.24. The Morgan fingerprint density at radius 3 is 1.79 bits per heavy atom. The zero-order chi connectivity index (χ0) is 10.9. The summed E-state index contributed by atoms with van der Waals surface area (Å²) in [6.45, 7) is 5.04. The number of amides is 1. The second kappa shape index (κ2) is 5.27. The maximum absolute atomic E-state index is 10.6. The van der Waals surface area contributed by atoms with Crippen LogP contribution < -0.4 is 5.73 Å². The molecule has 0 saturated carbocycles. The summed E-state index contributed by atoms with van der Waals surface area (Å²) in [6.07, 6.45) is 1.12. The van der Waals surface area contributed by atoms with Crippen LogP contribution in [0.15, 0.2) is 11.0 Å². The van der Waals surface area contributed by atoms with Crippen LogP contribution in [0.4, 0.5) is 0 Å². The molecule has 0 heterocycles. The fourth-order valence-electron chi connectivity index (χ4n) is 0.666. The van der Waals surface area contributed by atoms with E-state index in [1.54, 1.807) is 20.8 Å². The predicted octanol–water partition coefficient (Wildman–Crippen LogP) is -0.359. The van der Waals surface area contributed by atoms with Crippen LogP contribution in [-0.2, 0) is 14.9 Å². The molecule has 5 nitrogen and oxygen atoms in total. The van der Waals surface area contributed by atoms with Crippen LogP contribution in [0.2, 0.25) is 0 Å². The van der Waals surface area contributed by atoms with E-state index < -0.39 is 26.3 Å². The second-order valence-corrected chi connectivity index (χ2v) is 5.10. The zero-order valence-corrected chi connectivity index (χ0v) is 8.55. The van der Waals surface area contributed by atoms with Gasteiger partial charge in [0.2, 0.25) is 0 Å². The molecule has 3 N–H and O–H groups in total. The number of hydrogen-bond acceptors (Lipinski definition) is 3. The van der Waals surface area contributed by atoms with Crippen molar-refractivity contribution >= 4 is 45.6 Å². The fourth-order valence-corrected chi connectivity index (χ4v) is 1.42. The van der Waals surface area contributed by atoms with Gasteiger partial charge < -0.3 is 5.73 Å². The molecule has 0 radical (unpaired) electrons. The van der Waals surface area contributed by atoms with E-state index in [1.165, 1.54) is 0 Å². The molecule has 7 heteroatoms. The number of hydrogen-bond donors (Lipinski definition) is 2. The van der Waals surface area contributed by atoms with Crippen molar-refractivity contribution in [1.82, 2.24) is 0 Å². The molecule has 0 aliphatic carbocycles. The van der Waals surface area contributed by atoms with E-state index in [4.69, 9.17) is 10.3 Å². The summed E-state index contributed by atoms with van der Waals surface area (Å²) < 4.78 is 29.9. The molecule has 0 rings (SSSR count). The molecule has 0 unspecified atom stereocenters. The molecule has 0 spiro atoms. The van der Waals surface area contributed by atoms with Crippen molar-refractivity contribution in [1.29, 1.82) is 0 Å². The van der Waals surface area contributed by atoms with Gasteiger partial charge in [-0.2, -0.15) is 8.42 Å². The molecular formula is C7H14NNaO4S. The van der Waals surface area contributed by atoms with Crippen LogP contribution in [0, 0.1) is 5.41 Å². The average Bonchev–Trinajstić information content (AvgIpc) is 1.77. The van der Waals surface area contributed by atoms with Gasteiger partial charge in [-0.3, -0.25) is 9.35 Å². The van der Waals surface area contributed by atoms with Crippen molar-refractivity contribution in [3.05, 3.63) is 11.0 Å². The van der Waals surface area contributed by atoms with E-state index in [0.29, 0.717) is 0 Å². The van der Waals surface area contributed by atoms with E-state index in [2.05, 4.69) is 0 Å². The van der Waals surface area contributed by atoms with Gasteiger partial charge in [0, 0.05) is 0 Å². The second-order valence-electron chi connectivity index (χ2n) is 3.71. The standard InChI is InChI=1S/C7H13NO4S.Na.H/c1-7(2,3)4-5(6(8)9)13(10,11)12;;/h4H,1-3H3,(H2,8,9)(H,10,11,12);;. The van der Waals surface area contributed by atoms with Crippen LogP contribution in [-0.4, -0.2) is 48.4 Å². The average molecular weight is 231 g/mol. The van der Waals surface area contributed by atoms with E-state index in [1.807, 2.05) is 0 Å². The van der Waals surface area contributed by atoms with Crippen molar-refractivity contribution < 1.29 is 17.8 Å². The van der Waals surface area contributed by atoms with Crippen molar-refractivity contribution in [2.45, 2.75) is 20.8 Å². The molecule has 14 heavy (non-hydrogen) atoms. The first kappa shape index (κ1) is 16.5. The Hall–Kier alpha value is 0.120.